The van der Waals surface area contributed by atoms with E-state index >= 15 is 0 Å². The van der Waals surface area contributed by atoms with Gasteiger partial charge in [0, 0.05) is 12.6 Å². The molecule has 1 aromatic rings. The highest BCUT2D eigenvalue weighted by molar-refractivity contribution is 7.91. The normalized spacial score (nSPS) is 20.1. The molecule has 6 nitrogen and oxygen atoms in total. The molecular weight excluding hydrogens is 252 g/mol. The SMILES string of the molecule is CCCn1ncnc1CNC1CCS(=O)(=O)CC1. The fraction of sp³-hybridized carbons (Fsp3) is 0.818. The van der Waals surface area contributed by atoms with E-state index in [0.717, 1.165) is 18.8 Å². The number of hydrogen-bond acceptors (Lipinski definition) is 5. The van der Waals surface area contributed by atoms with Gasteiger partial charge in [-0.25, -0.2) is 18.1 Å². The van der Waals surface area contributed by atoms with Crippen molar-refractivity contribution in [1.82, 2.24) is 20.1 Å². The summed E-state index contributed by atoms with van der Waals surface area (Å²) in [7, 11) is -2.78. The zero-order chi connectivity index (χ0) is 13.0. The smallest absolute Gasteiger partial charge is 0.150 e. The Morgan fingerprint density at radius 3 is 2.83 bits per heavy atom. The summed E-state index contributed by atoms with van der Waals surface area (Å²) >= 11 is 0. The van der Waals surface area contributed by atoms with Gasteiger partial charge in [0.1, 0.15) is 22.0 Å². The second-order valence-corrected chi connectivity index (χ2v) is 7.01. The molecule has 1 N–H and O–H groups in total. The highest BCUT2D eigenvalue weighted by Gasteiger charge is 2.23. The fourth-order valence-electron chi connectivity index (χ4n) is 2.15. The number of rotatable bonds is 5. The van der Waals surface area contributed by atoms with Crippen LogP contribution in [0, 0.1) is 0 Å². The van der Waals surface area contributed by atoms with Crippen molar-refractivity contribution in [3.63, 3.8) is 0 Å². The van der Waals surface area contributed by atoms with E-state index in [1.54, 1.807) is 6.33 Å². The van der Waals surface area contributed by atoms with E-state index in [0.29, 0.717) is 30.9 Å². The minimum Gasteiger partial charge on any atom is -0.307 e. The molecule has 0 saturated carbocycles. The Morgan fingerprint density at radius 1 is 1.44 bits per heavy atom. The number of aryl methyl sites for hydroxylation is 1. The summed E-state index contributed by atoms with van der Waals surface area (Å²) in [5.74, 6) is 1.52. The number of hydrogen-bond donors (Lipinski definition) is 1. The third-order valence-corrected chi connectivity index (χ3v) is 4.95. The van der Waals surface area contributed by atoms with Crippen LogP contribution in [0.1, 0.15) is 32.0 Å². The molecule has 1 fully saturated rings. The predicted molar refractivity (Wildman–Crippen MR) is 68.8 cm³/mol. The minimum atomic E-state index is -2.78. The number of nitrogens with one attached hydrogen (secondary N) is 1. The third-order valence-electron chi connectivity index (χ3n) is 3.23. The van der Waals surface area contributed by atoms with E-state index < -0.39 is 9.84 Å². The van der Waals surface area contributed by atoms with Crippen molar-refractivity contribution < 1.29 is 8.42 Å². The van der Waals surface area contributed by atoms with Crippen LogP contribution in [0.2, 0.25) is 0 Å². The van der Waals surface area contributed by atoms with Crippen molar-refractivity contribution >= 4 is 9.84 Å². The van der Waals surface area contributed by atoms with Gasteiger partial charge < -0.3 is 5.32 Å². The van der Waals surface area contributed by atoms with Gasteiger partial charge in [0.25, 0.3) is 0 Å². The molecule has 2 rings (SSSR count). The number of nitrogens with zero attached hydrogens (tertiary/aromatic N) is 3. The summed E-state index contributed by atoms with van der Waals surface area (Å²) in [5.41, 5.74) is 0. The molecular formula is C11H20N4O2S. The van der Waals surface area contributed by atoms with Gasteiger partial charge in [-0.15, -0.1) is 0 Å². The van der Waals surface area contributed by atoms with E-state index in [-0.39, 0.29) is 6.04 Å². The van der Waals surface area contributed by atoms with Gasteiger partial charge in [-0.1, -0.05) is 6.92 Å². The molecule has 7 heteroatoms. The van der Waals surface area contributed by atoms with Gasteiger partial charge in [-0.05, 0) is 19.3 Å². The average Bonchev–Trinajstić information content (AvgIpc) is 2.76. The van der Waals surface area contributed by atoms with Crippen LogP contribution in [0.25, 0.3) is 0 Å². The Kier molecular flexibility index (Phi) is 4.34. The molecule has 1 aliphatic heterocycles. The summed E-state index contributed by atoms with van der Waals surface area (Å²) in [4.78, 5) is 4.22. The van der Waals surface area contributed by atoms with Gasteiger partial charge in [-0.3, -0.25) is 0 Å². The molecule has 0 bridgehead atoms. The van der Waals surface area contributed by atoms with Gasteiger partial charge in [0.2, 0.25) is 0 Å². The molecule has 18 heavy (non-hydrogen) atoms. The first-order valence-electron chi connectivity index (χ1n) is 6.41. The monoisotopic (exact) mass is 272 g/mol. The first-order valence-corrected chi connectivity index (χ1v) is 8.23. The Balaban J connectivity index is 1.83. The van der Waals surface area contributed by atoms with Gasteiger partial charge in [-0.2, -0.15) is 5.10 Å². The third kappa shape index (κ3) is 3.52. The average molecular weight is 272 g/mol. The van der Waals surface area contributed by atoms with Crippen molar-refractivity contribution in [2.75, 3.05) is 11.5 Å². The lowest BCUT2D eigenvalue weighted by Crippen LogP contribution is -2.37. The molecule has 0 radical (unpaired) electrons. The van der Waals surface area contributed by atoms with Crippen LogP contribution in [0.3, 0.4) is 0 Å². The maximum Gasteiger partial charge on any atom is 0.150 e. The number of sulfone groups is 1. The van der Waals surface area contributed by atoms with Crippen LogP contribution in [0.5, 0.6) is 0 Å². The van der Waals surface area contributed by atoms with Gasteiger partial charge in [0.05, 0.1) is 18.1 Å². The number of aromatic nitrogens is 3. The van der Waals surface area contributed by atoms with Crippen LogP contribution in [0.4, 0.5) is 0 Å². The largest absolute Gasteiger partial charge is 0.307 e. The van der Waals surface area contributed by atoms with E-state index in [1.165, 1.54) is 0 Å². The summed E-state index contributed by atoms with van der Waals surface area (Å²) in [6.45, 7) is 3.63. The first kappa shape index (κ1) is 13.5. The molecule has 0 aliphatic carbocycles. The highest BCUT2D eigenvalue weighted by atomic mass is 32.2. The van der Waals surface area contributed by atoms with Crippen molar-refractivity contribution in [2.24, 2.45) is 0 Å². The molecule has 1 aliphatic rings. The first-order chi connectivity index (χ1) is 8.61. The van der Waals surface area contributed by atoms with Crippen LogP contribution in [0.15, 0.2) is 6.33 Å². The second kappa shape index (κ2) is 5.79. The molecule has 0 atom stereocenters. The van der Waals surface area contributed by atoms with Gasteiger partial charge >= 0.3 is 0 Å². The lowest BCUT2D eigenvalue weighted by molar-refractivity contribution is 0.444. The molecule has 0 aromatic carbocycles. The molecule has 2 heterocycles. The second-order valence-electron chi connectivity index (χ2n) is 4.71. The van der Waals surface area contributed by atoms with Crippen molar-refractivity contribution in [1.29, 1.82) is 0 Å². The fourth-order valence-corrected chi connectivity index (χ4v) is 3.64. The molecule has 1 saturated heterocycles. The van der Waals surface area contributed by atoms with Crippen LogP contribution < -0.4 is 5.32 Å². The standard InChI is InChI=1S/C11H20N4O2S/c1-2-5-15-11(13-9-14-15)8-12-10-3-6-18(16,17)7-4-10/h9-10,12H,2-8H2,1H3. The Bertz CT molecular complexity index is 469. The van der Waals surface area contributed by atoms with Crippen molar-refractivity contribution in [3.8, 4) is 0 Å². The zero-order valence-electron chi connectivity index (χ0n) is 10.7. The van der Waals surface area contributed by atoms with Crippen molar-refractivity contribution in [2.45, 2.75) is 45.3 Å². The Morgan fingerprint density at radius 2 is 2.17 bits per heavy atom. The van der Waals surface area contributed by atoms with E-state index in [1.807, 2.05) is 4.68 Å². The van der Waals surface area contributed by atoms with E-state index in [2.05, 4.69) is 22.3 Å². The van der Waals surface area contributed by atoms with Crippen LogP contribution >= 0.6 is 0 Å². The topological polar surface area (TPSA) is 76.9 Å². The Hall–Kier alpha value is -0.950. The molecule has 0 amide bonds. The van der Waals surface area contributed by atoms with Gasteiger partial charge in [0.15, 0.2) is 0 Å². The summed E-state index contributed by atoms with van der Waals surface area (Å²) < 4.78 is 24.5. The summed E-state index contributed by atoms with van der Waals surface area (Å²) in [6, 6.07) is 0.278. The van der Waals surface area contributed by atoms with Crippen LogP contribution in [-0.4, -0.2) is 40.7 Å². The maximum atomic E-state index is 11.3. The van der Waals surface area contributed by atoms with Crippen molar-refractivity contribution in [3.05, 3.63) is 12.2 Å². The van der Waals surface area contributed by atoms with E-state index in [9.17, 15) is 8.42 Å². The minimum absolute atomic E-state index is 0.278. The lowest BCUT2D eigenvalue weighted by Gasteiger charge is -2.22. The maximum absolute atomic E-state index is 11.3. The molecule has 1 aromatic heterocycles. The highest BCUT2D eigenvalue weighted by Crippen LogP contribution is 2.12. The predicted octanol–water partition coefficient (Wildman–Crippen LogP) is 0.355. The zero-order valence-corrected chi connectivity index (χ0v) is 11.5. The van der Waals surface area contributed by atoms with Crippen LogP contribution in [-0.2, 0) is 22.9 Å². The lowest BCUT2D eigenvalue weighted by atomic mass is 10.1. The molecule has 102 valence electrons. The summed E-state index contributed by atoms with van der Waals surface area (Å²) in [5, 5.41) is 7.54. The quantitative estimate of drug-likeness (QED) is 0.837. The molecule has 0 unspecified atom stereocenters. The Labute approximate surface area is 108 Å². The molecule has 0 spiro atoms. The van der Waals surface area contributed by atoms with E-state index in [4.69, 9.17) is 0 Å². The summed E-state index contributed by atoms with van der Waals surface area (Å²) in [6.07, 6.45) is 3.99.